The van der Waals surface area contributed by atoms with Crippen molar-refractivity contribution in [3.8, 4) is 5.75 Å². The summed E-state index contributed by atoms with van der Waals surface area (Å²) in [5, 5.41) is 5.13. The molecular weight excluding hydrogens is 348 g/mol. The van der Waals surface area contributed by atoms with Crippen molar-refractivity contribution in [3.05, 3.63) is 59.2 Å². The average Bonchev–Trinajstić information content (AvgIpc) is 2.68. The summed E-state index contributed by atoms with van der Waals surface area (Å²) in [5.41, 5.74) is 3.05. The molecule has 0 saturated heterocycles. The Bertz CT molecular complexity index is 831. The highest BCUT2D eigenvalue weighted by molar-refractivity contribution is 5.96. The molecule has 7 nitrogen and oxygen atoms in total. The zero-order chi connectivity index (χ0) is 19.8. The van der Waals surface area contributed by atoms with E-state index in [1.807, 2.05) is 26.0 Å². The molecule has 27 heavy (non-hydrogen) atoms. The maximum Gasteiger partial charge on any atom is 0.325 e. The third kappa shape index (κ3) is 5.85. The van der Waals surface area contributed by atoms with Crippen LogP contribution in [-0.4, -0.2) is 38.0 Å². The molecule has 0 radical (unpaired) electrons. The Kier molecular flexibility index (Phi) is 6.93. The molecule has 0 saturated carbocycles. The predicted molar refractivity (Wildman–Crippen MR) is 101 cm³/mol. The standard InChI is InChI=1S/C20H22N2O5/c1-13-5-4-6-17(14(13)2)22-18(23)12-27-19(24)11-21-20(25)15-7-9-16(26-3)10-8-15/h4-10H,11-12H2,1-3H3,(H,21,25)(H,22,23). The number of ether oxygens (including phenoxy) is 2. The van der Waals surface area contributed by atoms with E-state index in [1.165, 1.54) is 7.11 Å². The van der Waals surface area contributed by atoms with Gasteiger partial charge in [-0.05, 0) is 55.3 Å². The summed E-state index contributed by atoms with van der Waals surface area (Å²) in [7, 11) is 1.53. The number of hydrogen-bond acceptors (Lipinski definition) is 5. The summed E-state index contributed by atoms with van der Waals surface area (Å²) >= 11 is 0. The van der Waals surface area contributed by atoms with Crippen LogP contribution in [0.1, 0.15) is 21.5 Å². The van der Waals surface area contributed by atoms with Gasteiger partial charge >= 0.3 is 5.97 Å². The van der Waals surface area contributed by atoms with Crippen LogP contribution in [0.5, 0.6) is 5.75 Å². The number of rotatable bonds is 7. The highest BCUT2D eigenvalue weighted by atomic mass is 16.5. The molecule has 2 rings (SSSR count). The number of amides is 2. The summed E-state index contributed by atoms with van der Waals surface area (Å²) in [6.07, 6.45) is 0. The number of anilines is 1. The molecule has 2 amide bonds. The summed E-state index contributed by atoms with van der Waals surface area (Å²) in [4.78, 5) is 35.6. The summed E-state index contributed by atoms with van der Waals surface area (Å²) in [6.45, 7) is 3.08. The van der Waals surface area contributed by atoms with E-state index in [1.54, 1.807) is 30.3 Å². The molecule has 0 fully saturated rings. The Morgan fingerprint density at radius 1 is 1.00 bits per heavy atom. The Hall–Kier alpha value is -3.35. The Labute approximate surface area is 157 Å². The van der Waals surface area contributed by atoms with Gasteiger partial charge in [0.2, 0.25) is 0 Å². The van der Waals surface area contributed by atoms with Gasteiger partial charge in [-0.3, -0.25) is 14.4 Å². The van der Waals surface area contributed by atoms with Crippen molar-refractivity contribution in [3.63, 3.8) is 0 Å². The van der Waals surface area contributed by atoms with Crippen LogP contribution >= 0.6 is 0 Å². The molecule has 0 aliphatic heterocycles. The van der Waals surface area contributed by atoms with Crippen molar-refractivity contribution < 1.29 is 23.9 Å². The van der Waals surface area contributed by atoms with Crippen molar-refractivity contribution in [1.29, 1.82) is 0 Å². The highest BCUT2D eigenvalue weighted by Crippen LogP contribution is 2.17. The van der Waals surface area contributed by atoms with Gasteiger partial charge in [0.25, 0.3) is 11.8 Å². The minimum atomic E-state index is -0.701. The van der Waals surface area contributed by atoms with Gasteiger partial charge in [-0.25, -0.2) is 0 Å². The Morgan fingerprint density at radius 3 is 2.37 bits per heavy atom. The molecule has 0 unspecified atom stereocenters. The molecule has 2 aromatic rings. The third-order valence-corrected chi connectivity index (χ3v) is 3.99. The number of nitrogens with one attached hydrogen (secondary N) is 2. The molecule has 0 bridgehead atoms. The number of carbonyl (C=O) groups excluding carboxylic acids is 3. The normalized spacial score (nSPS) is 10.0. The van der Waals surface area contributed by atoms with Gasteiger partial charge in [-0.2, -0.15) is 0 Å². The lowest BCUT2D eigenvalue weighted by Gasteiger charge is -2.11. The van der Waals surface area contributed by atoms with Gasteiger partial charge in [0, 0.05) is 11.3 Å². The van der Waals surface area contributed by atoms with Crippen LogP contribution in [0.2, 0.25) is 0 Å². The van der Waals surface area contributed by atoms with Crippen molar-refractivity contribution in [1.82, 2.24) is 5.32 Å². The van der Waals surface area contributed by atoms with E-state index in [2.05, 4.69) is 10.6 Å². The fraction of sp³-hybridized carbons (Fsp3) is 0.250. The smallest absolute Gasteiger partial charge is 0.325 e. The largest absolute Gasteiger partial charge is 0.497 e. The van der Waals surface area contributed by atoms with Crippen LogP contribution in [0, 0.1) is 13.8 Å². The third-order valence-electron chi connectivity index (χ3n) is 3.99. The molecule has 0 atom stereocenters. The quantitative estimate of drug-likeness (QED) is 0.729. The fourth-order valence-electron chi connectivity index (χ4n) is 2.27. The topological polar surface area (TPSA) is 93.7 Å². The second-order valence-electron chi connectivity index (χ2n) is 5.87. The van der Waals surface area contributed by atoms with E-state index in [0.29, 0.717) is 17.0 Å². The predicted octanol–water partition coefficient (Wildman–Crippen LogP) is 2.22. The van der Waals surface area contributed by atoms with Crippen LogP contribution in [0.25, 0.3) is 0 Å². The van der Waals surface area contributed by atoms with Gasteiger partial charge in [0.15, 0.2) is 6.61 Å². The molecule has 2 aromatic carbocycles. The van der Waals surface area contributed by atoms with Crippen molar-refractivity contribution in [2.45, 2.75) is 13.8 Å². The summed E-state index contributed by atoms with van der Waals surface area (Å²) in [5.74, 6) is -0.943. The van der Waals surface area contributed by atoms with Gasteiger partial charge < -0.3 is 20.1 Å². The number of methoxy groups -OCH3 is 1. The first-order valence-electron chi connectivity index (χ1n) is 8.34. The van der Waals surface area contributed by atoms with Gasteiger partial charge in [0.1, 0.15) is 12.3 Å². The number of carbonyl (C=O) groups is 3. The van der Waals surface area contributed by atoms with Crippen LogP contribution < -0.4 is 15.4 Å². The second kappa shape index (κ2) is 9.38. The van der Waals surface area contributed by atoms with Gasteiger partial charge in [0.05, 0.1) is 7.11 Å². The molecule has 0 heterocycles. The minimum Gasteiger partial charge on any atom is -0.497 e. The van der Waals surface area contributed by atoms with E-state index < -0.39 is 24.4 Å². The van der Waals surface area contributed by atoms with Crippen molar-refractivity contribution in [2.24, 2.45) is 0 Å². The molecule has 142 valence electrons. The summed E-state index contributed by atoms with van der Waals surface area (Å²) < 4.78 is 9.90. The van der Waals surface area contributed by atoms with Crippen molar-refractivity contribution in [2.75, 3.05) is 25.6 Å². The molecule has 0 aliphatic rings. The zero-order valence-corrected chi connectivity index (χ0v) is 15.5. The second-order valence-corrected chi connectivity index (χ2v) is 5.87. The van der Waals surface area contributed by atoms with Crippen LogP contribution in [0.15, 0.2) is 42.5 Å². The number of benzene rings is 2. The lowest BCUT2D eigenvalue weighted by Crippen LogP contribution is -2.32. The molecule has 7 heteroatoms. The maximum atomic E-state index is 12.0. The number of aryl methyl sites for hydroxylation is 1. The number of hydrogen-bond donors (Lipinski definition) is 2. The van der Waals surface area contributed by atoms with Gasteiger partial charge in [-0.1, -0.05) is 12.1 Å². The van der Waals surface area contributed by atoms with E-state index in [-0.39, 0.29) is 6.54 Å². The molecule has 2 N–H and O–H groups in total. The van der Waals surface area contributed by atoms with E-state index in [9.17, 15) is 14.4 Å². The molecule has 0 aromatic heterocycles. The van der Waals surface area contributed by atoms with Crippen LogP contribution in [0.4, 0.5) is 5.69 Å². The summed E-state index contributed by atoms with van der Waals surface area (Å²) in [6, 6.07) is 12.0. The van der Waals surface area contributed by atoms with E-state index >= 15 is 0 Å². The zero-order valence-electron chi connectivity index (χ0n) is 15.5. The fourth-order valence-corrected chi connectivity index (χ4v) is 2.27. The lowest BCUT2D eigenvalue weighted by molar-refractivity contribution is -0.146. The Balaban J connectivity index is 1.75. The molecule has 0 aliphatic carbocycles. The van der Waals surface area contributed by atoms with E-state index in [0.717, 1.165) is 11.1 Å². The van der Waals surface area contributed by atoms with Crippen LogP contribution in [0.3, 0.4) is 0 Å². The maximum absolute atomic E-state index is 12.0. The number of esters is 1. The lowest BCUT2D eigenvalue weighted by atomic mass is 10.1. The van der Waals surface area contributed by atoms with E-state index in [4.69, 9.17) is 9.47 Å². The van der Waals surface area contributed by atoms with Crippen LogP contribution in [-0.2, 0) is 14.3 Å². The SMILES string of the molecule is COc1ccc(C(=O)NCC(=O)OCC(=O)Nc2cccc(C)c2C)cc1. The first-order chi connectivity index (χ1) is 12.9. The van der Waals surface area contributed by atoms with Crippen molar-refractivity contribution >= 4 is 23.5 Å². The first kappa shape index (κ1) is 20.0. The average molecular weight is 370 g/mol. The molecule has 0 spiro atoms. The Morgan fingerprint density at radius 2 is 1.70 bits per heavy atom. The highest BCUT2D eigenvalue weighted by Gasteiger charge is 2.12. The first-order valence-corrected chi connectivity index (χ1v) is 8.34. The van der Waals surface area contributed by atoms with Gasteiger partial charge in [-0.15, -0.1) is 0 Å². The monoisotopic (exact) mass is 370 g/mol. The molecular formula is C20H22N2O5. The minimum absolute atomic E-state index is 0.332.